The molecule has 4 rings (SSSR count). The summed E-state index contributed by atoms with van der Waals surface area (Å²) >= 11 is 0. The lowest BCUT2D eigenvalue weighted by atomic mass is 9.89. The van der Waals surface area contributed by atoms with Crippen molar-refractivity contribution in [3.05, 3.63) is 53.9 Å². The van der Waals surface area contributed by atoms with Gasteiger partial charge in [-0.05, 0) is 66.6 Å². The molecular formula is C22H28ClN3. The van der Waals surface area contributed by atoms with Gasteiger partial charge in [0.1, 0.15) is 0 Å². The summed E-state index contributed by atoms with van der Waals surface area (Å²) in [6, 6.07) is 13.4. The molecule has 1 saturated carbocycles. The molecule has 2 aromatic carbocycles. The van der Waals surface area contributed by atoms with E-state index in [0.29, 0.717) is 0 Å². The van der Waals surface area contributed by atoms with Gasteiger partial charge in [0.25, 0.3) is 0 Å². The first-order valence-corrected chi connectivity index (χ1v) is 9.53. The number of rotatable bonds is 5. The van der Waals surface area contributed by atoms with Gasteiger partial charge >= 0.3 is 0 Å². The summed E-state index contributed by atoms with van der Waals surface area (Å²) in [7, 11) is 0. The maximum atomic E-state index is 4.38. The van der Waals surface area contributed by atoms with Gasteiger partial charge in [-0.2, -0.15) is 0 Å². The standard InChI is InChI=1S/C22H27N3.ClH/c1-16-11-20(12-21-22(16)25-15-24-21)19-9-7-18(8-10-19)14-23-13-17-5-3-2-4-6-17;/h7-12,15,17,23H,2-6,13-14H2,1H3,(H,24,25);1H. The van der Waals surface area contributed by atoms with Gasteiger partial charge in [-0.3, -0.25) is 0 Å². The van der Waals surface area contributed by atoms with Crippen LogP contribution >= 0.6 is 12.4 Å². The Balaban J connectivity index is 0.00000196. The summed E-state index contributed by atoms with van der Waals surface area (Å²) in [6.07, 6.45) is 8.84. The highest BCUT2D eigenvalue weighted by Crippen LogP contribution is 2.26. The Morgan fingerprint density at radius 1 is 1.04 bits per heavy atom. The Morgan fingerprint density at radius 2 is 1.81 bits per heavy atom. The highest BCUT2D eigenvalue weighted by molar-refractivity contribution is 5.85. The number of imidazole rings is 1. The number of fused-ring (bicyclic) bond motifs is 1. The van der Waals surface area contributed by atoms with E-state index in [1.54, 1.807) is 6.33 Å². The zero-order valence-electron chi connectivity index (χ0n) is 15.4. The molecule has 0 saturated heterocycles. The summed E-state index contributed by atoms with van der Waals surface area (Å²) in [5, 5.41) is 3.65. The van der Waals surface area contributed by atoms with Crippen LogP contribution < -0.4 is 5.32 Å². The molecule has 0 unspecified atom stereocenters. The normalized spacial score (nSPS) is 15.1. The Labute approximate surface area is 162 Å². The lowest BCUT2D eigenvalue weighted by Gasteiger charge is -2.21. The van der Waals surface area contributed by atoms with Gasteiger partial charge in [0, 0.05) is 6.54 Å². The Morgan fingerprint density at radius 3 is 2.58 bits per heavy atom. The zero-order valence-corrected chi connectivity index (χ0v) is 16.2. The van der Waals surface area contributed by atoms with Crippen LogP contribution in [0.15, 0.2) is 42.7 Å². The molecule has 4 heteroatoms. The Bertz CT molecular complexity index is 832. The number of benzene rings is 2. The first-order chi connectivity index (χ1) is 12.3. The number of hydrogen-bond acceptors (Lipinski definition) is 2. The molecule has 3 aromatic rings. The van der Waals surface area contributed by atoms with Crippen LogP contribution in [-0.4, -0.2) is 16.5 Å². The van der Waals surface area contributed by atoms with E-state index in [9.17, 15) is 0 Å². The SMILES string of the molecule is Cc1cc(-c2ccc(CNCC3CCCCC3)cc2)cc2[nH]cnc12.Cl. The van der Waals surface area contributed by atoms with Gasteiger partial charge in [-0.25, -0.2) is 4.98 Å². The maximum absolute atomic E-state index is 4.38. The first kappa shape index (κ1) is 18.9. The average molecular weight is 370 g/mol. The van der Waals surface area contributed by atoms with Crippen molar-refractivity contribution in [3.8, 4) is 11.1 Å². The molecule has 1 aliphatic rings. The monoisotopic (exact) mass is 369 g/mol. The average Bonchev–Trinajstić information content (AvgIpc) is 3.12. The van der Waals surface area contributed by atoms with E-state index in [-0.39, 0.29) is 12.4 Å². The third kappa shape index (κ3) is 4.28. The van der Waals surface area contributed by atoms with Gasteiger partial charge in [0.05, 0.1) is 17.4 Å². The molecule has 26 heavy (non-hydrogen) atoms. The molecule has 1 fully saturated rings. The topological polar surface area (TPSA) is 40.7 Å². The zero-order chi connectivity index (χ0) is 17.1. The molecule has 1 aliphatic carbocycles. The van der Waals surface area contributed by atoms with E-state index >= 15 is 0 Å². The van der Waals surface area contributed by atoms with Crippen LogP contribution in [0.5, 0.6) is 0 Å². The van der Waals surface area contributed by atoms with E-state index < -0.39 is 0 Å². The fourth-order valence-corrected chi connectivity index (χ4v) is 4.02. The van der Waals surface area contributed by atoms with Crippen molar-refractivity contribution in [2.75, 3.05) is 6.54 Å². The minimum Gasteiger partial charge on any atom is -0.345 e. The molecule has 0 radical (unpaired) electrons. The number of nitrogens with one attached hydrogen (secondary N) is 2. The number of aryl methyl sites for hydroxylation is 1. The van der Waals surface area contributed by atoms with Crippen molar-refractivity contribution in [1.82, 2.24) is 15.3 Å². The third-order valence-corrected chi connectivity index (χ3v) is 5.49. The van der Waals surface area contributed by atoms with Gasteiger partial charge in [0.2, 0.25) is 0 Å². The molecule has 0 aliphatic heterocycles. The first-order valence-electron chi connectivity index (χ1n) is 9.53. The van der Waals surface area contributed by atoms with Crippen molar-refractivity contribution in [3.63, 3.8) is 0 Å². The fraction of sp³-hybridized carbons (Fsp3) is 0.409. The Hall–Kier alpha value is -1.84. The molecule has 3 nitrogen and oxygen atoms in total. The maximum Gasteiger partial charge on any atom is 0.0931 e. The second kappa shape index (κ2) is 8.70. The van der Waals surface area contributed by atoms with Gasteiger partial charge in [-0.15, -0.1) is 12.4 Å². The lowest BCUT2D eigenvalue weighted by Crippen LogP contribution is -2.24. The second-order valence-electron chi connectivity index (χ2n) is 7.42. The van der Waals surface area contributed by atoms with Crippen LogP contribution in [0.25, 0.3) is 22.2 Å². The molecule has 138 valence electrons. The highest BCUT2D eigenvalue weighted by Gasteiger charge is 2.12. The predicted octanol–water partition coefficient (Wildman–Crippen LogP) is 5.63. The number of aromatic nitrogens is 2. The molecule has 1 aromatic heterocycles. The van der Waals surface area contributed by atoms with Crippen LogP contribution in [0.2, 0.25) is 0 Å². The molecule has 0 atom stereocenters. The number of H-pyrrole nitrogens is 1. The minimum absolute atomic E-state index is 0. The fourth-order valence-electron chi connectivity index (χ4n) is 4.02. The van der Waals surface area contributed by atoms with Crippen LogP contribution in [0, 0.1) is 12.8 Å². The van der Waals surface area contributed by atoms with Gasteiger partial charge in [-0.1, -0.05) is 43.5 Å². The molecule has 1 heterocycles. The number of halogens is 1. The van der Waals surface area contributed by atoms with E-state index in [2.05, 4.69) is 58.6 Å². The van der Waals surface area contributed by atoms with Gasteiger partial charge < -0.3 is 10.3 Å². The summed E-state index contributed by atoms with van der Waals surface area (Å²) < 4.78 is 0. The molecule has 2 N–H and O–H groups in total. The summed E-state index contributed by atoms with van der Waals surface area (Å²) in [5.41, 5.74) is 7.25. The molecule has 0 spiro atoms. The largest absolute Gasteiger partial charge is 0.345 e. The molecule has 0 bridgehead atoms. The number of aromatic amines is 1. The van der Waals surface area contributed by atoms with Crippen molar-refractivity contribution < 1.29 is 0 Å². The second-order valence-corrected chi connectivity index (χ2v) is 7.42. The lowest BCUT2D eigenvalue weighted by molar-refractivity contribution is 0.342. The quantitative estimate of drug-likeness (QED) is 0.611. The van der Waals surface area contributed by atoms with E-state index in [1.165, 1.54) is 54.4 Å². The Kier molecular flexibility index (Phi) is 6.33. The van der Waals surface area contributed by atoms with E-state index in [4.69, 9.17) is 0 Å². The molecular weight excluding hydrogens is 342 g/mol. The van der Waals surface area contributed by atoms with Crippen LogP contribution in [0.3, 0.4) is 0 Å². The van der Waals surface area contributed by atoms with Crippen molar-refractivity contribution in [2.24, 2.45) is 5.92 Å². The summed E-state index contributed by atoms with van der Waals surface area (Å²) in [6.45, 7) is 4.25. The number of hydrogen-bond donors (Lipinski definition) is 2. The van der Waals surface area contributed by atoms with Crippen LogP contribution in [-0.2, 0) is 6.54 Å². The van der Waals surface area contributed by atoms with Crippen LogP contribution in [0.1, 0.15) is 43.2 Å². The van der Waals surface area contributed by atoms with Crippen molar-refractivity contribution in [2.45, 2.75) is 45.6 Å². The van der Waals surface area contributed by atoms with Crippen molar-refractivity contribution in [1.29, 1.82) is 0 Å². The van der Waals surface area contributed by atoms with Crippen molar-refractivity contribution >= 4 is 23.4 Å². The minimum atomic E-state index is 0. The molecule has 0 amide bonds. The van der Waals surface area contributed by atoms with Crippen LogP contribution in [0.4, 0.5) is 0 Å². The number of nitrogens with zero attached hydrogens (tertiary/aromatic N) is 1. The third-order valence-electron chi connectivity index (χ3n) is 5.49. The predicted molar refractivity (Wildman–Crippen MR) is 112 cm³/mol. The smallest absolute Gasteiger partial charge is 0.0931 e. The summed E-state index contributed by atoms with van der Waals surface area (Å²) in [5.74, 6) is 0.886. The summed E-state index contributed by atoms with van der Waals surface area (Å²) in [4.78, 5) is 7.60. The van der Waals surface area contributed by atoms with E-state index in [0.717, 1.165) is 30.0 Å². The van der Waals surface area contributed by atoms with Gasteiger partial charge in [0.15, 0.2) is 0 Å². The highest BCUT2D eigenvalue weighted by atomic mass is 35.5. The van der Waals surface area contributed by atoms with E-state index in [1.807, 2.05) is 0 Å².